The number of nitrogens with zero attached hydrogens (tertiary/aromatic N) is 1. The number of likely N-dealkylation sites (tertiary alicyclic amines) is 1. The van der Waals surface area contributed by atoms with Gasteiger partial charge in [0, 0.05) is 42.3 Å². The van der Waals surface area contributed by atoms with Crippen molar-refractivity contribution in [2.75, 3.05) is 31.5 Å². The second-order valence-corrected chi connectivity index (χ2v) is 10.8. The van der Waals surface area contributed by atoms with Crippen LogP contribution in [0.4, 0.5) is 5.69 Å². The summed E-state index contributed by atoms with van der Waals surface area (Å²) in [4.78, 5) is 15.3. The summed E-state index contributed by atoms with van der Waals surface area (Å²) in [6.45, 7) is 3.46. The van der Waals surface area contributed by atoms with Crippen LogP contribution < -0.4 is 10.6 Å². The van der Waals surface area contributed by atoms with E-state index in [-0.39, 0.29) is 11.8 Å². The number of anilines is 1. The maximum absolute atomic E-state index is 12.8. The van der Waals surface area contributed by atoms with E-state index >= 15 is 0 Å². The van der Waals surface area contributed by atoms with Crippen LogP contribution in [0.2, 0.25) is 20.1 Å². The zero-order valence-electron chi connectivity index (χ0n) is 19.8. The second-order valence-electron chi connectivity index (χ2n) is 9.12. The van der Waals surface area contributed by atoms with E-state index in [0.717, 1.165) is 44.5 Å². The fourth-order valence-electron chi connectivity index (χ4n) is 4.55. The number of amides is 1. The molecule has 2 N–H and O–H groups in total. The smallest absolute Gasteiger partial charge is 0.252 e. The summed E-state index contributed by atoms with van der Waals surface area (Å²) in [5.41, 5.74) is 2.63. The van der Waals surface area contributed by atoms with Crippen molar-refractivity contribution in [2.24, 2.45) is 0 Å². The van der Waals surface area contributed by atoms with Crippen LogP contribution in [-0.2, 0) is 0 Å². The van der Waals surface area contributed by atoms with Gasteiger partial charge < -0.3 is 15.5 Å². The van der Waals surface area contributed by atoms with Gasteiger partial charge in [-0.05, 0) is 73.8 Å². The summed E-state index contributed by atoms with van der Waals surface area (Å²) in [6.07, 6.45) is 3.07. The molecule has 3 aromatic carbocycles. The first-order chi connectivity index (χ1) is 17.4. The van der Waals surface area contributed by atoms with E-state index in [1.807, 2.05) is 24.3 Å². The molecule has 36 heavy (non-hydrogen) atoms. The molecule has 1 aliphatic rings. The summed E-state index contributed by atoms with van der Waals surface area (Å²) >= 11 is 24.7. The molecule has 8 heteroatoms. The number of carbonyl (C=O) groups is 1. The van der Waals surface area contributed by atoms with Crippen molar-refractivity contribution in [1.82, 2.24) is 10.2 Å². The Balaban J connectivity index is 1.35. The van der Waals surface area contributed by atoms with Crippen LogP contribution in [0.1, 0.15) is 41.1 Å². The Morgan fingerprint density at radius 3 is 2.33 bits per heavy atom. The molecule has 0 aliphatic carbocycles. The lowest BCUT2D eigenvalue weighted by atomic mass is 9.94. The normalized spacial score (nSPS) is 15.4. The third kappa shape index (κ3) is 7.53. The largest absolute Gasteiger partial charge is 0.382 e. The minimum Gasteiger partial charge on any atom is -0.382 e. The van der Waals surface area contributed by atoms with Gasteiger partial charge in [-0.25, -0.2) is 0 Å². The minimum absolute atomic E-state index is 0.0787. The second kappa shape index (κ2) is 13.0. The Hall–Kier alpha value is -1.95. The Morgan fingerprint density at radius 1 is 0.889 bits per heavy atom. The van der Waals surface area contributed by atoms with E-state index in [1.54, 1.807) is 18.2 Å². The molecule has 1 saturated heterocycles. The third-order valence-corrected chi connectivity index (χ3v) is 7.91. The number of rotatable bonds is 9. The Morgan fingerprint density at radius 2 is 1.64 bits per heavy atom. The first-order valence-corrected chi connectivity index (χ1v) is 13.6. The molecule has 190 valence electrons. The first kappa shape index (κ1) is 27.1. The molecule has 0 saturated carbocycles. The predicted molar refractivity (Wildman–Crippen MR) is 152 cm³/mol. The molecule has 4 rings (SSSR count). The summed E-state index contributed by atoms with van der Waals surface area (Å²) < 4.78 is 0. The maximum Gasteiger partial charge on any atom is 0.252 e. The van der Waals surface area contributed by atoms with E-state index < -0.39 is 0 Å². The monoisotopic (exact) mass is 563 g/mol. The molecule has 1 atom stereocenters. The number of hydrogen-bond donors (Lipinski definition) is 2. The number of carbonyl (C=O) groups excluding carboxylic acids is 1. The highest BCUT2D eigenvalue weighted by molar-refractivity contribution is 6.42. The Labute approximate surface area is 232 Å². The molecule has 1 aliphatic heterocycles. The third-order valence-electron chi connectivity index (χ3n) is 6.63. The number of benzene rings is 3. The van der Waals surface area contributed by atoms with Gasteiger partial charge in [-0.3, -0.25) is 4.79 Å². The van der Waals surface area contributed by atoms with Gasteiger partial charge in [0.25, 0.3) is 5.91 Å². The quantitative estimate of drug-likeness (QED) is 0.279. The van der Waals surface area contributed by atoms with Crippen molar-refractivity contribution in [3.05, 3.63) is 97.9 Å². The molecule has 1 fully saturated rings. The van der Waals surface area contributed by atoms with Crippen molar-refractivity contribution < 1.29 is 4.79 Å². The summed E-state index contributed by atoms with van der Waals surface area (Å²) in [6, 6.07) is 21.4. The molecule has 1 amide bonds. The van der Waals surface area contributed by atoms with Gasteiger partial charge >= 0.3 is 0 Å². The van der Waals surface area contributed by atoms with Crippen molar-refractivity contribution >= 4 is 58.0 Å². The number of para-hydroxylation sites is 1. The van der Waals surface area contributed by atoms with E-state index in [9.17, 15) is 4.79 Å². The van der Waals surface area contributed by atoms with Crippen LogP contribution in [-0.4, -0.2) is 43.0 Å². The van der Waals surface area contributed by atoms with Gasteiger partial charge in [-0.1, -0.05) is 70.7 Å². The fourth-order valence-corrected chi connectivity index (χ4v) is 5.35. The van der Waals surface area contributed by atoms with Crippen molar-refractivity contribution in [1.29, 1.82) is 0 Å². The van der Waals surface area contributed by atoms with E-state index in [4.69, 9.17) is 46.4 Å². The molecule has 4 nitrogen and oxygen atoms in total. The number of piperidine rings is 1. The number of hydrogen-bond acceptors (Lipinski definition) is 3. The van der Waals surface area contributed by atoms with Crippen LogP contribution >= 0.6 is 46.4 Å². The zero-order chi connectivity index (χ0) is 25.5. The number of halogens is 4. The van der Waals surface area contributed by atoms with Crippen LogP contribution in [0.15, 0.2) is 66.7 Å². The zero-order valence-corrected chi connectivity index (χ0v) is 22.8. The van der Waals surface area contributed by atoms with Crippen molar-refractivity contribution in [3.8, 4) is 0 Å². The Kier molecular flexibility index (Phi) is 9.80. The molecule has 0 bridgehead atoms. The van der Waals surface area contributed by atoms with Crippen LogP contribution in [0, 0.1) is 0 Å². The van der Waals surface area contributed by atoms with E-state index in [2.05, 4.69) is 39.8 Å². The predicted octanol–water partition coefficient (Wildman–Crippen LogP) is 7.78. The molecule has 3 aromatic rings. The highest BCUT2D eigenvalue weighted by Gasteiger charge is 2.22. The molecular weight excluding hydrogens is 536 g/mol. The van der Waals surface area contributed by atoms with Crippen LogP contribution in [0.25, 0.3) is 0 Å². The standard InChI is InChI=1S/C28H29Cl4N3O/c29-21-7-8-24(26(31)17-21)28(36)33-18-20(19-6-9-25(30)27(32)16-19)10-13-35-14-11-23(12-15-35)34-22-4-2-1-3-5-22/h1-9,16-17,20,23,34H,10-15,18H2,(H,33,36). The average molecular weight is 565 g/mol. The highest BCUT2D eigenvalue weighted by atomic mass is 35.5. The maximum atomic E-state index is 12.8. The lowest BCUT2D eigenvalue weighted by Crippen LogP contribution is -2.40. The lowest BCUT2D eigenvalue weighted by molar-refractivity contribution is 0.0950. The fraction of sp³-hybridized carbons (Fsp3) is 0.321. The lowest BCUT2D eigenvalue weighted by Gasteiger charge is -2.33. The first-order valence-electron chi connectivity index (χ1n) is 12.1. The molecule has 1 unspecified atom stereocenters. The van der Waals surface area contributed by atoms with Gasteiger partial charge in [-0.15, -0.1) is 0 Å². The molecule has 0 spiro atoms. The van der Waals surface area contributed by atoms with Crippen molar-refractivity contribution in [2.45, 2.75) is 31.2 Å². The highest BCUT2D eigenvalue weighted by Crippen LogP contribution is 2.29. The van der Waals surface area contributed by atoms with Crippen LogP contribution in [0.3, 0.4) is 0 Å². The molecule has 0 aromatic heterocycles. The average Bonchev–Trinajstić information content (AvgIpc) is 2.87. The van der Waals surface area contributed by atoms with Gasteiger partial charge in [0.2, 0.25) is 0 Å². The molecule has 0 radical (unpaired) electrons. The van der Waals surface area contributed by atoms with Gasteiger partial charge in [-0.2, -0.15) is 0 Å². The van der Waals surface area contributed by atoms with Gasteiger partial charge in [0.1, 0.15) is 0 Å². The molecule has 1 heterocycles. The summed E-state index contributed by atoms with van der Waals surface area (Å²) in [5, 5.41) is 8.54. The SMILES string of the molecule is O=C(NCC(CCN1CCC(Nc2ccccc2)CC1)c1ccc(Cl)c(Cl)c1)c1ccc(Cl)cc1Cl. The van der Waals surface area contributed by atoms with Gasteiger partial charge in [0.05, 0.1) is 20.6 Å². The summed E-state index contributed by atoms with van der Waals surface area (Å²) in [7, 11) is 0. The molecular formula is C28H29Cl4N3O. The number of nitrogens with one attached hydrogen (secondary N) is 2. The van der Waals surface area contributed by atoms with Crippen LogP contribution in [0.5, 0.6) is 0 Å². The minimum atomic E-state index is -0.227. The van der Waals surface area contributed by atoms with Crippen molar-refractivity contribution in [3.63, 3.8) is 0 Å². The van der Waals surface area contributed by atoms with E-state index in [1.165, 1.54) is 5.69 Å². The van der Waals surface area contributed by atoms with Gasteiger partial charge in [0.15, 0.2) is 0 Å². The topological polar surface area (TPSA) is 44.4 Å². The summed E-state index contributed by atoms with van der Waals surface area (Å²) in [5.74, 6) is -0.149. The van der Waals surface area contributed by atoms with E-state index in [0.29, 0.717) is 38.2 Å². The Bertz CT molecular complexity index is 1170.